The fourth-order valence-corrected chi connectivity index (χ4v) is 2.89. The van der Waals surface area contributed by atoms with E-state index in [0.29, 0.717) is 13.1 Å². The lowest BCUT2D eigenvalue weighted by Crippen LogP contribution is -2.35. The molecule has 7 nitrogen and oxygen atoms in total. The molecule has 3 heterocycles. The van der Waals surface area contributed by atoms with Crippen LogP contribution in [0.3, 0.4) is 0 Å². The number of aromatic amines is 1. The van der Waals surface area contributed by atoms with Crippen molar-refractivity contribution in [2.24, 2.45) is 0 Å². The molecule has 8 heteroatoms. The maximum Gasteiger partial charge on any atom is 0.273 e. The van der Waals surface area contributed by atoms with Gasteiger partial charge in [0, 0.05) is 45.1 Å². The second-order valence-corrected chi connectivity index (χ2v) is 5.96. The molecule has 3 rings (SSSR count). The number of H-pyrrole nitrogens is 1. The van der Waals surface area contributed by atoms with Crippen LogP contribution in [0.1, 0.15) is 22.5 Å². The molecule has 0 spiro atoms. The summed E-state index contributed by atoms with van der Waals surface area (Å²) >= 11 is 6.02. The molecule has 1 saturated heterocycles. The molecule has 1 amide bonds. The summed E-state index contributed by atoms with van der Waals surface area (Å²) in [5.74, 6) is 0.00507. The summed E-state index contributed by atoms with van der Waals surface area (Å²) in [4.78, 5) is 20.8. The summed E-state index contributed by atoms with van der Waals surface area (Å²) in [6.45, 7) is 3.93. The number of nitrogen functional groups attached to an aromatic ring is 1. The smallest absolute Gasteiger partial charge is 0.273 e. The number of anilines is 1. The first-order chi connectivity index (χ1) is 11.1. The van der Waals surface area contributed by atoms with Crippen molar-refractivity contribution < 1.29 is 4.79 Å². The highest BCUT2D eigenvalue weighted by Gasteiger charge is 2.24. The Morgan fingerprint density at radius 3 is 2.91 bits per heavy atom. The minimum Gasteiger partial charge on any atom is -0.381 e. The molecule has 0 atom stereocenters. The Labute approximate surface area is 139 Å². The normalized spacial score (nSPS) is 16.3. The third-order valence-corrected chi connectivity index (χ3v) is 4.33. The molecular weight excluding hydrogens is 316 g/mol. The molecule has 2 aromatic heterocycles. The Kier molecular flexibility index (Phi) is 4.78. The van der Waals surface area contributed by atoms with Crippen molar-refractivity contribution in [3.05, 3.63) is 40.8 Å². The van der Waals surface area contributed by atoms with E-state index in [4.69, 9.17) is 17.3 Å². The molecular formula is C15H19ClN6O. The summed E-state index contributed by atoms with van der Waals surface area (Å²) < 4.78 is 0. The number of pyridine rings is 1. The lowest BCUT2D eigenvalue weighted by Gasteiger charge is -2.21. The first-order valence-electron chi connectivity index (χ1n) is 7.55. The number of aromatic nitrogens is 3. The molecule has 0 radical (unpaired) electrons. The van der Waals surface area contributed by atoms with Gasteiger partial charge in [-0.15, -0.1) is 0 Å². The van der Waals surface area contributed by atoms with Gasteiger partial charge in [0.05, 0.1) is 0 Å². The van der Waals surface area contributed by atoms with Crippen molar-refractivity contribution in [2.45, 2.75) is 13.0 Å². The van der Waals surface area contributed by atoms with Gasteiger partial charge in [-0.05, 0) is 18.1 Å². The Morgan fingerprint density at radius 1 is 1.35 bits per heavy atom. The molecule has 0 aliphatic carbocycles. The minimum absolute atomic E-state index is 0.151. The third kappa shape index (κ3) is 3.62. The van der Waals surface area contributed by atoms with Crippen LogP contribution in [0, 0.1) is 0 Å². The van der Waals surface area contributed by atoms with Gasteiger partial charge in [-0.1, -0.05) is 17.7 Å². The van der Waals surface area contributed by atoms with Gasteiger partial charge in [0.25, 0.3) is 5.91 Å². The molecule has 0 saturated carbocycles. The molecule has 2 aromatic rings. The highest BCUT2D eigenvalue weighted by Crippen LogP contribution is 2.22. The quantitative estimate of drug-likeness (QED) is 0.885. The van der Waals surface area contributed by atoms with Crippen LogP contribution >= 0.6 is 11.6 Å². The fourth-order valence-electron chi connectivity index (χ4n) is 2.72. The predicted octanol–water partition coefficient (Wildman–Crippen LogP) is 1.39. The fraction of sp³-hybridized carbons (Fsp3) is 0.400. The van der Waals surface area contributed by atoms with Crippen molar-refractivity contribution in [1.82, 2.24) is 25.0 Å². The Morgan fingerprint density at radius 2 is 2.22 bits per heavy atom. The van der Waals surface area contributed by atoms with E-state index in [1.165, 1.54) is 5.56 Å². The van der Waals surface area contributed by atoms with Gasteiger partial charge in [0.2, 0.25) is 0 Å². The number of carbonyl (C=O) groups is 1. The zero-order valence-electron chi connectivity index (χ0n) is 12.7. The maximum absolute atomic E-state index is 12.5. The SMILES string of the molecule is Nc1n[nH]c(C(=O)N2CCCN(Cc3cccnc3)CC2)c1Cl. The number of hydrogen-bond donors (Lipinski definition) is 2. The van der Waals surface area contributed by atoms with Crippen LogP contribution in [0.2, 0.25) is 5.02 Å². The number of rotatable bonds is 3. The maximum atomic E-state index is 12.5. The van der Waals surface area contributed by atoms with Crippen LogP contribution in [0.4, 0.5) is 5.82 Å². The van der Waals surface area contributed by atoms with Crippen LogP contribution < -0.4 is 5.73 Å². The summed E-state index contributed by atoms with van der Waals surface area (Å²) in [6, 6.07) is 4.00. The molecule has 1 fully saturated rings. The lowest BCUT2D eigenvalue weighted by molar-refractivity contribution is 0.0755. The molecule has 0 aromatic carbocycles. The molecule has 3 N–H and O–H groups in total. The zero-order valence-corrected chi connectivity index (χ0v) is 13.5. The van der Waals surface area contributed by atoms with Gasteiger partial charge in [0.1, 0.15) is 10.7 Å². The van der Waals surface area contributed by atoms with Crippen LogP contribution in [0.25, 0.3) is 0 Å². The summed E-state index contributed by atoms with van der Waals surface area (Å²) in [7, 11) is 0. The van der Waals surface area contributed by atoms with E-state index < -0.39 is 0 Å². The number of halogens is 1. The number of amides is 1. The van der Waals surface area contributed by atoms with Gasteiger partial charge < -0.3 is 10.6 Å². The van der Waals surface area contributed by atoms with Crippen molar-refractivity contribution in [1.29, 1.82) is 0 Å². The number of nitrogens with two attached hydrogens (primary N) is 1. The summed E-state index contributed by atoms with van der Waals surface area (Å²) in [5.41, 5.74) is 7.03. The monoisotopic (exact) mass is 334 g/mol. The van der Waals surface area contributed by atoms with Crippen molar-refractivity contribution in [3.63, 3.8) is 0 Å². The van der Waals surface area contributed by atoms with E-state index in [0.717, 1.165) is 26.1 Å². The number of hydrogen-bond acceptors (Lipinski definition) is 5. The molecule has 0 bridgehead atoms. The second kappa shape index (κ2) is 6.97. The molecule has 1 aliphatic heterocycles. The van der Waals surface area contributed by atoms with E-state index in [2.05, 4.69) is 26.1 Å². The highest BCUT2D eigenvalue weighted by molar-refractivity contribution is 6.35. The average molecular weight is 335 g/mol. The van der Waals surface area contributed by atoms with E-state index in [1.54, 1.807) is 11.1 Å². The first-order valence-corrected chi connectivity index (χ1v) is 7.93. The lowest BCUT2D eigenvalue weighted by atomic mass is 10.2. The largest absolute Gasteiger partial charge is 0.381 e. The number of nitrogens with zero attached hydrogens (tertiary/aromatic N) is 4. The average Bonchev–Trinajstić information content (AvgIpc) is 2.77. The van der Waals surface area contributed by atoms with Gasteiger partial charge >= 0.3 is 0 Å². The summed E-state index contributed by atoms with van der Waals surface area (Å²) in [6.07, 6.45) is 4.56. The Balaban J connectivity index is 1.62. The van der Waals surface area contributed by atoms with Gasteiger partial charge in [-0.3, -0.25) is 19.8 Å². The minimum atomic E-state index is -0.151. The molecule has 23 heavy (non-hydrogen) atoms. The van der Waals surface area contributed by atoms with Gasteiger partial charge in [-0.2, -0.15) is 5.10 Å². The van der Waals surface area contributed by atoms with Crippen LogP contribution in [0.5, 0.6) is 0 Å². The first kappa shape index (κ1) is 15.8. The standard InChI is InChI=1S/C15H19ClN6O/c16-12-13(19-20-14(12)17)15(23)22-6-2-5-21(7-8-22)10-11-3-1-4-18-9-11/h1,3-4,9H,2,5-8,10H2,(H3,17,19,20). The Bertz CT molecular complexity index is 674. The van der Waals surface area contributed by atoms with Crippen LogP contribution in [-0.2, 0) is 6.54 Å². The van der Waals surface area contributed by atoms with Crippen molar-refractivity contribution in [3.8, 4) is 0 Å². The van der Waals surface area contributed by atoms with Gasteiger partial charge in [-0.25, -0.2) is 0 Å². The van der Waals surface area contributed by atoms with E-state index in [1.807, 2.05) is 12.3 Å². The number of nitrogens with one attached hydrogen (secondary N) is 1. The number of carbonyl (C=O) groups excluding carboxylic acids is 1. The molecule has 0 unspecified atom stereocenters. The molecule has 122 valence electrons. The van der Waals surface area contributed by atoms with Crippen LogP contribution in [-0.4, -0.2) is 57.1 Å². The predicted molar refractivity (Wildman–Crippen MR) is 88.0 cm³/mol. The second-order valence-electron chi connectivity index (χ2n) is 5.58. The van der Waals surface area contributed by atoms with E-state index >= 15 is 0 Å². The zero-order chi connectivity index (χ0) is 16.2. The van der Waals surface area contributed by atoms with Crippen LogP contribution in [0.15, 0.2) is 24.5 Å². The van der Waals surface area contributed by atoms with E-state index in [9.17, 15) is 4.79 Å². The van der Waals surface area contributed by atoms with Crippen molar-refractivity contribution in [2.75, 3.05) is 31.9 Å². The Hall–Kier alpha value is -2.12. The van der Waals surface area contributed by atoms with Crippen molar-refractivity contribution >= 4 is 23.3 Å². The summed E-state index contributed by atoms with van der Waals surface area (Å²) in [5, 5.41) is 6.60. The topological polar surface area (TPSA) is 91.1 Å². The third-order valence-electron chi connectivity index (χ3n) is 3.95. The van der Waals surface area contributed by atoms with E-state index in [-0.39, 0.29) is 22.4 Å². The highest BCUT2D eigenvalue weighted by atomic mass is 35.5. The molecule has 1 aliphatic rings. The van der Waals surface area contributed by atoms with Gasteiger partial charge in [0.15, 0.2) is 5.82 Å².